The van der Waals surface area contributed by atoms with E-state index in [2.05, 4.69) is 10.6 Å². The largest absolute Gasteiger partial charge is 0.349 e. The molecule has 2 N–H and O–H groups in total. The molecule has 7 heteroatoms. The third kappa shape index (κ3) is 3.31. The summed E-state index contributed by atoms with van der Waals surface area (Å²) in [6.07, 6.45) is 10.9. The first kappa shape index (κ1) is 19.2. The summed E-state index contributed by atoms with van der Waals surface area (Å²) in [5, 5.41) is 5.28. The van der Waals surface area contributed by atoms with E-state index >= 15 is 0 Å². The maximum atomic E-state index is 13.9. The summed E-state index contributed by atoms with van der Waals surface area (Å²) >= 11 is 0. The van der Waals surface area contributed by atoms with Crippen LogP contribution in [0, 0.1) is 35.2 Å². The molecule has 0 aromatic heterocycles. The van der Waals surface area contributed by atoms with Gasteiger partial charge in [0.15, 0.2) is 17.5 Å². The second kappa shape index (κ2) is 6.89. The molecule has 3 saturated carbocycles. The molecule has 29 heavy (non-hydrogen) atoms. The van der Waals surface area contributed by atoms with E-state index < -0.39 is 29.2 Å². The minimum Gasteiger partial charge on any atom is -0.349 e. The van der Waals surface area contributed by atoms with Gasteiger partial charge < -0.3 is 15.4 Å². The van der Waals surface area contributed by atoms with Crippen molar-refractivity contribution in [3.05, 3.63) is 29.6 Å². The lowest BCUT2D eigenvalue weighted by atomic mass is 9.55. The Morgan fingerprint density at radius 1 is 0.966 bits per heavy atom. The summed E-state index contributed by atoms with van der Waals surface area (Å²) < 4.78 is 47.3. The molecule has 2 aliphatic heterocycles. The molecule has 5 fully saturated rings. The minimum atomic E-state index is -1.59. The first-order valence-corrected chi connectivity index (χ1v) is 10.8. The smallest absolute Gasteiger partial charge is 0.321 e. The van der Waals surface area contributed by atoms with Crippen LogP contribution < -0.4 is 10.6 Å². The van der Waals surface area contributed by atoms with Crippen LogP contribution in [-0.4, -0.2) is 17.4 Å². The fourth-order valence-electron chi connectivity index (χ4n) is 6.74. The normalized spacial score (nSPS) is 36.2. The molecule has 3 aliphatic carbocycles. The van der Waals surface area contributed by atoms with E-state index in [0.29, 0.717) is 17.8 Å². The van der Waals surface area contributed by atoms with Gasteiger partial charge in [-0.2, -0.15) is 0 Å². The number of benzene rings is 1. The molecular formula is C22H27F3N2O2. The lowest BCUT2D eigenvalue weighted by Crippen LogP contribution is -2.69. The second-order valence-corrected chi connectivity index (χ2v) is 9.58. The maximum Gasteiger partial charge on any atom is 0.321 e. The second-order valence-electron chi connectivity index (χ2n) is 9.58. The van der Waals surface area contributed by atoms with Gasteiger partial charge in [-0.25, -0.2) is 18.0 Å². The monoisotopic (exact) mass is 408 g/mol. The van der Waals surface area contributed by atoms with E-state index in [4.69, 9.17) is 4.74 Å². The molecule has 4 bridgehead atoms. The van der Waals surface area contributed by atoms with E-state index in [9.17, 15) is 18.0 Å². The number of amides is 2. The Morgan fingerprint density at radius 2 is 1.66 bits per heavy atom. The highest BCUT2D eigenvalue weighted by Crippen LogP contribution is 2.60. The molecule has 4 nitrogen and oxygen atoms in total. The summed E-state index contributed by atoms with van der Waals surface area (Å²) in [6, 6.07) is 1.18. The summed E-state index contributed by atoms with van der Waals surface area (Å²) in [6.45, 7) is 0. The van der Waals surface area contributed by atoms with Gasteiger partial charge in [0.25, 0.3) is 0 Å². The van der Waals surface area contributed by atoms with Gasteiger partial charge in [0, 0.05) is 0 Å². The van der Waals surface area contributed by atoms with Crippen molar-refractivity contribution >= 4 is 11.7 Å². The average Bonchev–Trinajstić information content (AvgIpc) is 2.68. The van der Waals surface area contributed by atoms with E-state index in [-0.39, 0.29) is 11.3 Å². The predicted molar refractivity (Wildman–Crippen MR) is 102 cm³/mol. The molecule has 0 spiro atoms. The maximum absolute atomic E-state index is 13.9. The number of ether oxygens (including phenoxy) is 1. The van der Waals surface area contributed by atoms with Crippen molar-refractivity contribution in [2.75, 3.05) is 5.32 Å². The van der Waals surface area contributed by atoms with Gasteiger partial charge in [-0.15, -0.1) is 0 Å². The molecule has 5 aliphatic rings. The predicted octanol–water partition coefficient (Wildman–Crippen LogP) is 5.48. The van der Waals surface area contributed by atoms with Gasteiger partial charge in [-0.3, -0.25) is 0 Å². The van der Waals surface area contributed by atoms with Crippen LogP contribution in [-0.2, 0) is 4.74 Å². The summed E-state index contributed by atoms with van der Waals surface area (Å²) in [4.78, 5) is 12.6. The Labute approximate surface area is 168 Å². The van der Waals surface area contributed by atoms with Gasteiger partial charge in [0.2, 0.25) is 0 Å². The van der Waals surface area contributed by atoms with Crippen molar-refractivity contribution in [1.29, 1.82) is 0 Å². The van der Waals surface area contributed by atoms with Crippen LogP contribution >= 0.6 is 0 Å². The molecule has 1 aromatic carbocycles. The van der Waals surface area contributed by atoms with E-state index in [1.54, 1.807) is 0 Å². The topological polar surface area (TPSA) is 50.4 Å². The molecule has 2 heterocycles. The number of anilines is 1. The van der Waals surface area contributed by atoms with Crippen LogP contribution in [0.2, 0.25) is 0 Å². The van der Waals surface area contributed by atoms with Crippen LogP contribution in [0.4, 0.5) is 23.7 Å². The van der Waals surface area contributed by atoms with Crippen LogP contribution in [0.5, 0.6) is 0 Å². The van der Waals surface area contributed by atoms with Crippen molar-refractivity contribution < 1.29 is 22.7 Å². The molecule has 2 atom stereocenters. The lowest BCUT2D eigenvalue weighted by Gasteiger charge is -2.64. The van der Waals surface area contributed by atoms with Crippen LogP contribution in [0.25, 0.3) is 0 Å². The van der Waals surface area contributed by atoms with E-state index in [1.165, 1.54) is 38.5 Å². The summed E-state index contributed by atoms with van der Waals surface area (Å²) in [5.74, 6) is -2.69. The highest BCUT2D eigenvalue weighted by Gasteiger charge is 2.61. The Bertz CT molecular complexity index is 811. The Hall–Kier alpha value is -1.76. The minimum absolute atomic E-state index is 0.162. The molecule has 2 saturated heterocycles. The van der Waals surface area contributed by atoms with Crippen molar-refractivity contribution in [3.63, 3.8) is 0 Å². The van der Waals surface area contributed by atoms with E-state index in [1.807, 2.05) is 0 Å². The Balaban J connectivity index is 1.34. The van der Waals surface area contributed by atoms with Crippen LogP contribution in [0.15, 0.2) is 12.1 Å². The highest BCUT2D eigenvalue weighted by atomic mass is 19.2. The van der Waals surface area contributed by atoms with Crippen LogP contribution in [0.1, 0.15) is 64.2 Å². The average molecular weight is 408 g/mol. The van der Waals surface area contributed by atoms with Crippen molar-refractivity contribution in [3.8, 4) is 0 Å². The lowest BCUT2D eigenvalue weighted by molar-refractivity contribution is -0.301. The number of hydrogen-bond acceptors (Lipinski definition) is 2. The zero-order valence-corrected chi connectivity index (χ0v) is 16.4. The fourth-order valence-corrected chi connectivity index (χ4v) is 6.74. The first-order chi connectivity index (χ1) is 13.9. The molecule has 2 amide bonds. The highest BCUT2D eigenvalue weighted by molar-refractivity contribution is 5.89. The third-order valence-electron chi connectivity index (χ3n) is 7.54. The van der Waals surface area contributed by atoms with Gasteiger partial charge in [0.05, 0.1) is 11.3 Å². The number of urea groups is 1. The number of nitrogens with one attached hydrogen (secondary N) is 2. The van der Waals surface area contributed by atoms with Gasteiger partial charge in [0.1, 0.15) is 5.72 Å². The zero-order valence-electron chi connectivity index (χ0n) is 16.4. The Morgan fingerprint density at radius 3 is 2.34 bits per heavy atom. The van der Waals surface area contributed by atoms with E-state index in [0.717, 1.165) is 37.8 Å². The van der Waals surface area contributed by atoms with Crippen molar-refractivity contribution in [1.82, 2.24) is 5.32 Å². The molecule has 2 unspecified atom stereocenters. The summed E-state index contributed by atoms with van der Waals surface area (Å²) in [5.41, 5.74) is -1.29. The number of carbonyl (C=O) groups excluding carboxylic acids is 1. The quantitative estimate of drug-likeness (QED) is 0.651. The number of hydrogen-bond donors (Lipinski definition) is 2. The summed E-state index contributed by atoms with van der Waals surface area (Å²) in [7, 11) is 0. The molecule has 1 aromatic rings. The molecule has 6 rings (SSSR count). The SMILES string of the molecule is O=C(Nc1ccc(F)c(F)c1F)NC12CC3CC(C1)CC(C1CCCCC1)(C3)O2. The number of halogens is 3. The van der Waals surface area contributed by atoms with Crippen molar-refractivity contribution in [2.45, 2.75) is 75.5 Å². The van der Waals surface area contributed by atoms with Crippen LogP contribution in [0.3, 0.4) is 0 Å². The van der Waals surface area contributed by atoms with Gasteiger partial charge in [-0.05, 0) is 74.8 Å². The number of carbonyl (C=O) groups is 1. The Kier molecular flexibility index (Phi) is 4.57. The van der Waals surface area contributed by atoms with Gasteiger partial charge >= 0.3 is 6.03 Å². The first-order valence-electron chi connectivity index (χ1n) is 10.8. The third-order valence-corrected chi connectivity index (χ3v) is 7.54. The van der Waals surface area contributed by atoms with Crippen molar-refractivity contribution in [2.24, 2.45) is 17.8 Å². The molecular weight excluding hydrogens is 381 g/mol. The fraction of sp³-hybridized carbons (Fsp3) is 0.682. The molecule has 158 valence electrons. The zero-order chi connectivity index (χ0) is 20.2. The number of rotatable bonds is 3. The standard InChI is InChI=1S/C22H27F3N2O2/c23-16-6-7-17(19(25)18(16)24)26-20(28)27-22-11-13-8-14(12-22)10-21(9-13,29-22)15-4-2-1-3-5-15/h6-7,13-15H,1-5,8-12H2,(H2,26,27,28). The molecule has 0 radical (unpaired) electrons. The van der Waals surface area contributed by atoms with Gasteiger partial charge in [-0.1, -0.05) is 19.3 Å².